The monoisotopic (exact) mass is 446 g/mol. The maximum atomic E-state index is 13.5. The van der Waals surface area contributed by atoms with E-state index in [-0.39, 0.29) is 8.54 Å². The molecule has 0 aliphatic carbocycles. The van der Waals surface area contributed by atoms with Gasteiger partial charge in [0.1, 0.15) is 18.0 Å². The zero-order valence-corrected chi connectivity index (χ0v) is 18.3. The molecule has 1 unspecified atom stereocenters. The molecule has 2 N–H and O–H groups in total. The molecule has 3 aromatic rings. The fraction of sp³-hybridized carbons (Fsp3) is 0.391. The van der Waals surface area contributed by atoms with Gasteiger partial charge in [0.15, 0.2) is 0 Å². The van der Waals surface area contributed by atoms with E-state index in [9.17, 15) is 8.78 Å². The highest BCUT2D eigenvalue weighted by molar-refractivity contribution is 5.63. The average molecular weight is 447 g/mol. The van der Waals surface area contributed by atoms with Crippen molar-refractivity contribution < 1.29 is 16.4 Å². The summed E-state index contributed by atoms with van der Waals surface area (Å²) in [5, 5.41) is 11.1. The maximum absolute atomic E-state index is 13.5. The Morgan fingerprint density at radius 2 is 1.78 bits per heavy atom. The largest absolute Gasteiger partial charge is 0.381 e. The molecule has 2 aromatic carbocycles. The second kappa shape index (κ2) is 10.1. The first-order valence-corrected chi connectivity index (χ1v) is 10.8. The van der Waals surface area contributed by atoms with Gasteiger partial charge in [-0.25, -0.2) is 13.5 Å². The van der Waals surface area contributed by atoms with E-state index in [4.69, 9.17) is 4.74 Å². The third kappa shape index (κ3) is 5.80. The molecule has 32 heavy (non-hydrogen) atoms. The van der Waals surface area contributed by atoms with Crippen molar-refractivity contribution in [3.05, 3.63) is 59.9 Å². The molecular weight excluding hydrogens is 414 g/mol. The van der Waals surface area contributed by atoms with Crippen LogP contribution in [0.5, 0.6) is 0 Å². The Morgan fingerprint density at radius 3 is 2.50 bits per heavy atom. The van der Waals surface area contributed by atoms with E-state index in [0.29, 0.717) is 12.0 Å². The van der Waals surface area contributed by atoms with Gasteiger partial charge in [0.25, 0.3) is 0 Å². The average Bonchev–Trinajstić information content (AvgIpc) is 3.21. The minimum absolute atomic E-state index is 0. The van der Waals surface area contributed by atoms with Crippen LogP contribution in [0.3, 0.4) is 0 Å². The number of aromatic nitrogens is 3. The molecule has 0 amide bonds. The van der Waals surface area contributed by atoms with E-state index in [1.165, 1.54) is 23.1 Å². The third-order valence-electron chi connectivity index (χ3n) is 5.38. The van der Waals surface area contributed by atoms with Crippen molar-refractivity contribution in [2.45, 2.75) is 26.3 Å². The number of aryl methyl sites for hydroxylation is 1. The molecular formula is C23H32F2N6O. The number of ether oxygens (including phenoxy) is 1. The van der Waals surface area contributed by atoms with E-state index < -0.39 is 11.6 Å². The fourth-order valence-electron chi connectivity index (χ4n) is 3.79. The summed E-state index contributed by atoms with van der Waals surface area (Å²) in [4.78, 5) is 6.64. The lowest BCUT2D eigenvalue weighted by atomic mass is 10.1. The van der Waals surface area contributed by atoms with Gasteiger partial charge in [-0.2, -0.15) is 4.98 Å². The second-order valence-electron chi connectivity index (χ2n) is 8.02. The van der Waals surface area contributed by atoms with Crippen LogP contribution in [0.25, 0.3) is 5.69 Å². The molecule has 1 aliphatic rings. The Hall–Kier alpha value is -3.04. The molecule has 4 rings (SSSR count). The van der Waals surface area contributed by atoms with Crippen LogP contribution in [0.4, 0.5) is 26.1 Å². The number of nitrogens with one attached hydrogen (secondary N) is 2. The van der Waals surface area contributed by atoms with Crippen molar-refractivity contribution in [1.82, 2.24) is 19.7 Å². The topological polar surface area (TPSA) is 67.2 Å². The summed E-state index contributed by atoms with van der Waals surface area (Å²) in [6.07, 6.45) is 2.42. The lowest BCUT2D eigenvalue weighted by Crippen LogP contribution is -2.43. The molecule has 2 heterocycles. The van der Waals surface area contributed by atoms with Crippen molar-refractivity contribution in [3.63, 3.8) is 0 Å². The normalized spacial score (nSPS) is 15.5. The van der Waals surface area contributed by atoms with Crippen molar-refractivity contribution in [2.24, 2.45) is 0 Å². The second-order valence-corrected chi connectivity index (χ2v) is 8.02. The Bertz CT molecular complexity index is 1040. The highest BCUT2D eigenvalue weighted by atomic mass is 19.1. The van der Waals surface area contributed by atoms with Crippen LogP contribution in [-0.2, 0) is 4.74 Å². The Balaban J connectivity index is 0.00000204. The Morgan fingerprint density at radius 1 is 1.06 bits per heavy atom. The molecule has 9 heteroatoms. The van der Waals surface area contributed by atoms with Gasteiger partial charge >= 0.3 is 0 Å². The van der Waals surface area contributed by atoms with Crippen LogP contribution in [0.15, 0.2) is 42.7 Å². The summed E-state index contributed by atoms with van der Waals surface area (Å²) in [6, 6.07) is 9.67. The van der Waals surface area contributed by atoms with Gasteiger partial charge in [0.05, 0.1) is 18.9 Å². The van der Waals surface area contributed by atoms with Gasteiger partial charge in [-0.1, -0.05) is 6.92 Å². The van der Waals surface area contributed by atoms with E-state index in [0.717, 1.165) is 62.3 Å². The summed E-state index contributed by atoms with van der Waals surface area (Å²) in [5.41, 5.74) is 3.20. The number of hydrogen-bond donors (Lipinski definition) is 2. The molecule has 1 saturated heterocycles. The number of nitrogens with zero attached hydrogens (tertiary/aromatic N) is 4. The minimum Gasteiger partial charge on any atom is -0.381 e. The summed E-state index contributed by atoms with van der Waals surface area (Å²) < 4.78 is 33.8. The highest BCUT2D eigenvalue weighted by Crippen LogP contribution is 2.23. The van der Waals surface area contributed by atoms with Gasteiger partial charge in [-0.3, -0.25) is 4.90 Å². The molecule has 1 aliphatic heterocycles. The quantitative estimate of drug-likeness (QED) is 0.527. The summed E-state index contributed by atoms with van der Waals surface area (Å²) >= 11 is 0. The third-order valence-corrected chi connectivity index (χ3v) is 5.38. The van der Waals surface area contributed by atoms with E-state index >= 15 is 0 Å². The SMILES string of the molecule is CCC(CN1CCOCC1)Nc1cc(C)cc(Nc2ncn(-c3cc(F)cc(F)c3)n2)c1.[HH].[HH]. The summed E-state index contributed by atoms with van der Waals surface area (Å²) in [7, 11) is 0. The van der Waals surface area contributed by atoms with Gasteiger partial charge in [-0.05, 0) is 49.2 Å². The lowest BCUT2D eigenvalue weighted by molar-refractivity contribution is 0.0360. The van der Waals surface area contributed by atoms with Crippen LogP contribution in [0.2, 0.25) is 0 Å². The molecule has 0 bridgehead atoms. The molecule has 0 saturated carbocycles. The van der Waals surface area contributed by atoms with Crippen LogP contribution >= 0.6 is 0 Å². The first-order valence-electron chi connectivity index (χ1n) is 10.8. The number of benzene rings is 2. The van der Waals surface area contributed by atoms with E-state index in [1.54, 1.807) is 0 Å². The molecule has 7 nitrogen and oxygen atoms in total. The molecule has 174 valence electrons. The van der Waals surface area contributed by atoms with Crippen LogP contribution in [0, 0.1) is 18.6 Å². The smallest absolute Gasteiger partial charge is 0.246 e. The summed E-state index contributed by atoms with van der Waals surface area (Å²) in [5.74, 6) is -0.990. The first-order chi connectivity index (χ1) is 15.5. The fourth-order valence-corrected chi connectivity index (χ4v) is 3.79. The van der Waals surface area contributed by atoms with E-state index in [1.807, 2.05) is 19.1 Å². The molecule has 0 spiro atoms. The zero-order valence-electron chi connectivity index (χ0n) is 18.3. The van der Waals surface area contributed by atoms with Crippen molar-refractivity contribution in [2.75, 3.05) is 43.5 Å². The molecule has 0 radical (unpaired) electrons. The zero-order chi connectivity index (χ0) is 22.5. The number of morpholine rings is 1. The molecule has 1 atom stereocenters. The Kier molecular flexibility index (Phi) is 6.96. The van der Waals surface area contributed by atoms with Gasteiger partial charge < -0.3 is 15.4 Å². The van der Waals surface area contributed by atoms with E-state index in [2.05, 4.69) is 38.6 Å². The summed E-state index contributed by atoms with van der Waals surface area (Å²) in [6.45, 7) is 8.67. The predicted molar refractivity (Wildman–Crippen MR) is 125 cm³/mol. The maximum Gasteiger partial charge on any atom is 0.246 e. The number of anilines is 3. The molecule has 1 aromatic heterocycles. The van der Waals surface area contributed by atoms with Gasteiger partial charge in [0, 0.05) is 46.0 Å². The van der Waals surface area contributed by atoms with Gasteiger partial charge in [-0.15, -0.1) is 5.10 Å². The van der Waals surface area contributed by atoms with Crippen LogP contribution in [0.1, 0.15) is 21.8 Å². The first kappa shape index (κ1) is 22.2. The van der Waals surface area contributed by atoms with Crippen molar-refractivity contribution in [1.29, 1.82) is 0 Å². The number of halogens is 2. The van der Waals surface area contributed by atoms with Gasteiger partial charge in [0.2, 0.25) is 5.95 Å². The van der Waals surface area contributed by atoms with Crippen molar-refractivity contribution in [3.8, 4) is 5.69 Å². The predicted octanol–water partition coefficient (Wildman–Crippen LogP) is 4.61. The number of rotatable bonds is 8. The van der Waals surface area contributed by atoms with Crippen LogP contribution < -0.4 is 10.6 Å². The highest BCUT2D eigenvalue weighted by Gasteiger charge is 2.16. The van der Waals surface area contributed by atoms with Crippen LogP contribution in [-0.4, -0.2) is 58.6 Å². The standard InChI is InChI=1S/C23H28F2N6O.2H2/c1-3-19(14-30-4-6-32-7-5-30)27-20-8-16(2)9-21(13-20)28-23-26-15-31(29-23)22-11-17(24)10-18(25)12-22;;/h8-13,15,19,27H,3-7,14H2,1-2H3,(H,28,29);2*1H. The number of hydrogen-bond acceptors (Lipinski definition) is 6. The minimum atomic E-state index is -0.665. The van der Waals surface area contributed by atoms with Crippen molar-refractivity contribution >= 4 is 17.3 Å². The molecule has 1 fully saturated rings. The lowest BCUT2D eigenvalue weighted by Gasteiger charge is -2.31. The Labute approximate surface area is 189 Å².